The number of anilines is 3. The average Bonchev–Trinajstić information content (AvgIpc) is 2.73. The Morgan fingerprint density at radius 3 is 2.66 bits per heavy atom. The van der Waals surface area contributed by atoms with Crippen LogP contribution in [0.15, 0.2) is 21.9 Å². The molecule has 7 N–H and O–H groups in total. The van der Waals surface area contributed by atoms with Gasteiger partial charge in [0.1, 0.15) is 23.8 Å². The maximum absolute atomic E-state index is 12.5. The van der Waals surface area contributed by atoms with Crippen molar-refractivity contribution in [2.45, 2.75) is 31.7 Å². The van der Waals surface area contributed by atoms with Crippen molar-refractivity contribution in [2.75, 3.05) is 29.9 Å². The highest BCUT2D eigenvalue weighted by Crippen LogP contribution is 2.38. The lowest BCUT2D eigenvalue weighted by atomic mass is 10.1. The van der Waals surface area contributed by atoms with E-state index in [9.17, 15) is 24.9 Å². The highest BCUT2D eigenvalue weighted by molar-refractivity contribution is 5.81. The number of hydrogen-bond donors (Lipinski definition) is 7. The van der Waals surface area contributed by atoms with Crippen molar-refractivity contribution in [3.05, 3.63) is 38.9 Å². The number of aliphatic carboxylic acids is 1. The van der Waals surface area contributed by atoms with Crippen LogP contribution in [0.1, 0.15) is 12.0 Å². The zero-order valence-electron chi connectivity index (χ0n) is 17.3. The van der Waals surface area contributed by atoms with Gasteiger partial charge in [-0.2, -0.15) is 0 Å². The molecule has 2 heterocycles. The molecule has 1 aromatic carbocycles. The van der Waals surface area contributed by atoms with Crippen LogP contribution in [0, 0.1) is 6.92 Å². The van der Waals surface area contributed by atoms with Crippen LogP contribution in [0.25, 0.3) is 6.58 Å². The van der Waals surface area contributed by atoms with E-state index >= 15 is 0 Å². The molecule has 0 bridgehead atoms. The van der Waals surface area contributed by atoms with Gasteiger partial charge in [-0.15, -0.1) is 0 Å². The van der Waals surface area contributed by atoms with Gasteiger partial charge in [0.25, 0.3) is 5.56 Å². The Balaban J connectivity index is 2.09. The normalized spacial score (nSPS) is 15.2. The molecule has 1 aliphatic heterocycles. The summed E-state index contributed by atoms with van der Waals surface area (Å²) in [6.07, 6.45) is -4.85. The van der Waals surface area contributed by atoms with Crippen molar-refractivity contribution in [3.8, 4) is 0 Å². The van der Waals surface area contributed by atoms with Crippen LogP contribution < -0.4 is 26.6 Å². The average molecular weight is 447 g/mol. The van der Waals surface area contributed by atoms with Crippen LogP contribution in [-0.2, 0) is 4.79 Å². The summed E-state index contributed by atoms with van der Waals surface area (Å²) in [5.74, 6) is -0.860. The lowest BCUT2D eigenvalue weighted by Crippen LogP contribution is -2.48. The molecule has 32 heavy (non-hydrogen) atoms. The molecule has 0 aliphatic carbocycles. The zero-order valence-corrected chi connectivity index (χ0v) is 17.3. The van der Waals surface area contributed by atoms with Gasteiger partial charge in [-0.05, 0) is 24.6 Å². The largest absolute Gasteiger partial charge is 0.481 e. The third kappa shape index (κ3) is 4.78. The molecule has 0 spiro atoms. The molecule has 0 radical (unpaired) electrons. The van der Waals surface area contributed by atoms with Crippen LogP contribution in [0.5, 0.6) is 0 Å². The van der Waals surface area contributed by atoms with Gasteiger partial charge < -0.3 is 40.7 Å². The Morgan fingerprint density at radius 2 is 2.00 bits per heavy atom. The number of nitrogens with zero attached hydrogens (tertiary/aromatic N) is 3. The molecule has 0 saturated heterocycles. The van der Waals surface area contributed by atoms with E-state index in [0.717, 1.165) is 5.56 Å². The number of aromatic nitrogens is 2. The van der Waals surface area contributed by atoms with E-state index < -0.39 is 36.4 Å². The lowest BCUT2D eigenvalue weighted by molar-refractivity contribution is -0.136. The van der Waals surface area contributed by atoms with Gasteiger partial charge in [-0.1, -0.05) is 6.58 Å². The molecule has 12 nitrogen and oxygen atoms in total. The minimum atomic E-state index is -1.66. The molecule has 0 unspecified atom stereocenters. The zero-order chi connectivity index (χ0) is 23.6. The molecule has 1 aromatic heterocycles. The summed E-state index contributed by atoms with van der Waals surface area (Å²) in [4.78, 5) is 35.8. The summed E-state index contributed by atoms with van der Waals surface area (Å²) in [5, 5.41) is 51.2. The fourth-order valence-electron chi connectivity index (χ4n) is 3.35. The SMILES string of the molecule is C=c1nc2c(c(=O)[nH]1)=Nc1cc(C)c(NCCC(=O)O)cc1N2C[C@H](O)[C@H](O)[C@H](O)CO. The van der Waals surface area contributed by atoms with Gasteiger partial charge in [-0.25, -0.2) is 9.98 Å². The van der Waals surface area contributed by atoms with Crippen LogP contribution in [-0.4, -0.2) is 79.5 Å². The number of rotatable bonds is 9. The van der Waals surface area contributed by atoms with Gasteiger partial charge >= 0.3 is 5.97 Å². The van der Waals surface area contributed by atoms with Gasteiger partial charge in [-0.3, -0.25) is 9.59 Å². The number of aliphatic hydroxyl groups is 4. The number of aryl methyl sites for hydroxylation is 1. The second-order valence-corrected chi connectivity index (χ2v) is 7.44. The molecular formula is C20H25N5O7. The van der Waals surface area contributed by atoms with Crippen LogP contribution in [0.4, 0.5) is 22.9 Å². The first-order chi connectivity index (χ1) is 15.1. The number of carboxylic acids is 1. The number of β-amino-alcohol motifs (C(OH)–C–C–N with tert-alkyl or cyclic N) is 1. The number of carbonyl (C=O) groups is 1. The van der Waals surface area contributed by atoms with E-state index in [2.05, 4.69) is 26.9 Å². The number of hydrogen-bond acceptors (Lipinski definition) is 10. The minimum absolute atomic E-state index is 0.0136. The van der Waals surface area contributed by atoms with Gasteiger partial charge in [0.05, 0.1) is 30.9 Å². The monoisotopic (exact) mass is 447 g/mol. The van der Waals surface area contributed by atoms with Crippen molar-refractivity contribution in [2.24, 2.45) is 4.99 Å². The van der Waals surface area contributed by atoms with E-state index in [1.165, 1.54) is 4.90 Å². The van der Waals surface area contributed by atoms with Gasteiger partial charge in [0.2, 0.25) is 0 Å². The second kappa shape index (κ2) is 9.44. The Morgan fingerprint density at radius 1 is 1.28 bits per heavy atom. The van der Waals surface area contributed by atoms with Crippen LogP contribution in [0.3, 0.4) is 0 Å². The number of fused-ring (bicyclic) bond motifs is 2. The molecule has 3 rings (SSSR count). The molecule has 0 fully saturated rings. The van der Waals surface area contributed by atoms with Crippen LogP contribution in [0.2, 0.25) is 0 Å². The van der Waals surface area contributed by atoms with Crippen molar-refractivity contribution in [1.82, 2.24) is 9.97 Å². The summed E-state index contributed by atoms with van der Waals surface area (Å²) in [6, 6.07) is 3.36. The number of H-pyrrole nitrogens is 1. The van der Waals surface area contributed by atoms with Crippen molar-refractivity contribution in [3.63, 3.8) is 0 Å². The third-order valence-corrected chi connectivity index (χ3v) is 5.03. The van der Waals surface area contributed by atoms with Gasteiger partial charge in [0, 0.05) is 12.2 Å². The number of carboxylic acid groups (broad SMARTS) is 1. The topological polar surface area (TPSA) is 192 Å². The number of nitrogens with one attached hydrogen (secondary N) is 2. The molecule has 172 valence electrons. The van der Waals surface area contributed by atoms with Crippen molar-refractivity contribution < 1.29 is 30.3 Å². The summed E-state index contributed by atoms with van der Waals surface area (Å²) in [5.41, 5.74) is 1.71. The minimum Gasteiger partial charge on any atom is -0.481 e. The van der Waals surface area contributed by atoms with Crippen molar-refractivity contribution >= 4 is 35.4 Å². The predicted molar refractivity (Wildman–Crippen MR) is 115 cm³/mol. The second-order valence-electron chi connectivity index (χ2n) is 7.44. The smallest absolute Gasteiger partial charge is 0.305 e. The summed E-state index contributed by atoms with van der Waals surface area (Å²) in [7, 11) is 0. The molecule has 1 aliphatic rings. The van der Waals surface area contributed by atoms with E-state index in [1.807, 2.05) is 0 Å². The molecule has 12 heteroatoms. The fraction of sp³-hybridized carbons (Fsp3) is 0.400. The molecule has 3 atom stereocenters. The van der Waals surface area contributed by atoms with Crippen molar-refractivity contribution in [1.29, 1.82) is 0 Å². The van der Waals surface area contributed by atoms with E-state index in [0.29, 0.717) is 17.1 Å². The highest BCUT2D eigenvalue weighted by atomic mass is 16.4. The lowest BCUT2D eigenvalue weighted by Gasteiger charge is -2.32. The Kier molecular flexibility index (Phi) is 6.89. The first kappa shape index (κ1) is 23.3. The molecule has 2 aromatic rings. The molecule has 0 amide bonds. The maximum Gasteiger partial charge on any atom is 0.305 e. The number of aliphatic hydroxyl groups excluding tert-OH is 4. The number of benzene rings is 1. The predicted octanol–water partition coefficient (Wildman–Crippen LogP) is -2.15. The third-order valence-electron chi connectivity index (χ3n) is 5.03. The van der Waals surface area contributed by atoms with Gasteiger partial charge in [0.15, 0.2) is 11.2 Å². The Bertz CT molecular complexity index is 1180. The summed E-state index contributed by atoms with van der Waals surface area (Å²) >= 11 is 0. The first-order valence-corrected chi connectivity index (χ1v) is 9.83. The highest BCUT2D eigenvalue weighted by Gasteiger charge is 2.31. The van der Waals surface area contributed by atoms with E-state index in [4.69, 9.17) is 10.2 Å². The fourth-order valence-corrected chi connectivity index (χ4v) is 3.35. The molecule has 0 saturated carbocycles. The van der Waals surface area contributed by atoms with E-state index in [1.54, 1.807) is 19.1 Å². The first-order valence-electron chi connectivity index (χ1n) is 9.83. The summed E-state index contributed by atoms with van der Waals surface area (Å²) in [6.45, 7) is 4.56. The Labute approximate surface area is 181 Å². The Hall–Kier alpha value is -3.32. The molecular weight excluding hydrogens is 422 g/mol. The number of aromatic amines is 1. The van der Waals surface area contributed by atoms with E-state index in [-0.39, 0.29) is 36.2 Å². The summed E-state index contributed by atoms with van der Waals surface area (Å²) < 4.78 is 0. The maximum atomic E-state index is 12.5. The quantitative estimate of drug-likeness (QED) is 0.223. The standard InChI is InChI=1S/C20H25N5O7/c1-9-5-12-13(6-11(9)21-4-3-16(29)30)25(7-14(27)18(31)15(28)8-26)19-17(24-12)20(32)23-10(2)22-19/h5-6,14-15,18,21,26-28,31H,2-4,7-8H2,1H3,(H,23,32)(H,29,30)/t14-,15+,18-/m0/s1. The van der Waals surface area contributed by atoms with Crippen LogP contribution >= 0.6 is 0 Å².